The molecule has 0 aliphatic rings. The van der Waals surface area contributed by atoms with Crippen LogP contribution in [0.3, 0.4) is 0 Å². The van der Waals surface area contributed by atoms with Crippen LogP contribution in [-0.4, -0.2) is 37.8 Å². The Balaban J connectivity index is 2.22. The van der Waals surface area contributed by atoms with Gasteiger partial charge in [-0.25, -0.2) is 15.0 Å². The lowest BCUT2D eigenvalue weighted by molar-refractivity contribution is 0.311. The summed E-state index contributed by atoms with van der Waals surface area (Å²) in [5.41, 5.74) is 2.56. The first-order valence-electron chi connectivity index (χ1n) is 7.35. The van der Waals surface area contributed by atoms with Gasteiger partial charge in [0.25, 0.3) is 0 Å². The third kappa shape index (κ3) is 2.53. The molecule has 0 amide bonds. The lowest BCUT2D eigenvalue weighted by Crippen LogP contribution is -2.08. The minimum atomic E-state index is 0.0436. The van der Waals surface area contributed by atoms with Gasteiger partial charge in [0.1, 0.15) is 12.2 Å². The fourth-order valence-electron chi connectivity index (χ4n) is 2.49. The van der Waals surface area contributed by atoms with Crippen LogP contribution < -0.4 is 5.32 Å². The van der Waals surface area contributed by atoms with Gasteiger partial charge in [-0.15, -0.1) is 0 Å². The molecule has 0 radical (unpaired) electrons. The summed E-state index contributed by atoms with van der Waals surface area (Å²) < 4.78 is 2.11. The molecule has 6 nitrogen and oxygen atoms in total. The van der Waals surface area contributed by atoms with Gasteiger partial charge in [-0.3, -0.25) is 0 Å². The van der Waals surface area contributed by atoms with Crippen LogP contribution >= 0.6 is 0 Å². The Bertz CT molecular complexity index is 767. The van der Waals surface area contributed by atoms with E-state index in [1.54, 1.807) is 0 Å². The lowest BCUT2D eigenvalue weighted by atomic mass is 10.2. The Kier molecular flexibility index (Phi) is 4.02. The zero-order chi connectivity index (χ0) is 15.5. The molecule has 6 heteroatoms. The average Bonchev–Trinajstić information content (AvgIpc) is 2.94. The molecule has 0 bridgehead atoms. The van der Waals surface area contributed by atoms with Crippen molar-refractivity contribution in [3.05, 3.63) is 36.7 Å². The summed E-state index contributed by atoms with van der Waals surface area (Å²) in [7, 11) is 0. The van der Waals surface area contributed by atoms with Crippen molar-refractivity contribution in [3.8, 4) is 11.4 Å². The molecule has 0 aliphatic heterocycles. The molecule has 0 aliphatic carbocycles. The minimum Gasteiger partial charge on any atom is -0.395 e. The van der Waals surface area contributed by atoms with Crippen molar-refractivity contribution in [2.75, 3.05) is 18.5 Å². The number of imidazole rings is 1. The SMILES string of the molecule is CC(C)n1c(-c2ccccc2)nc2c(NCCO)ncnc21. The summed E-state index contributed by atoms with van der Waals surface area (Å²) in [6.45, 7) is 4.69. The van der Waals surface area contributed by atoms with E-state index >= 15 is 0 Å². The first-order valence-corrected chi connectivity index (χ1v) is 7.35. The van der Waals surface area contributed by atoms with E-state index in [2.05, 4.69) is 33.7 Å². The Morgan fingerprint density at radius 1 is 1.18 bits per heavy atom. The smallest absolute Gasteiger partial charge is 0.166 e. The van der Waals surface area contributed by atoms with Crippen LogP contribution in [0.25, 0.3) is 22.6 Å². The highest BCUT2D eigenvalue weighted by Gasteiger charge is 2.18. The Morgan fingerprint density at radius 3 is 2.64 bits per heavy atom. The first-order chi connectivity index (χ1) is 10.7. The zero-order valence-electron chi connectivity index (χ0n) is 12.7. The Labute approximate surface area is 128 Å². The van der Waals surface area contributed by atoms with Gasteiger partial charge in [-0.1, -0.05) is 30.3 Å². The number of rotatable bonds is 5. The lowest BCUT2D eigenvalue weighted by Gasteiger charge is -2.12. The monoisotopic (exact) mass is 297 g/mol. The van der Waals surface area contributed by atoms with Gasteiger partial charge >= 0.3 is 0 Å². The van der Waals surface area contributed by atoms with Crippen molar-refractivity contribution < 1.29 is 5.11 Å². The van der Waals surface area contributed by atoms with E-state index in [1.165, 1.54) is 6.33 Å². The molecule has 0 unspecified atom stereocenters. The van der Waals surface area contributed by atoms with Gasteiger partial charge in [-0.05, 0) is 13.8 Å². The molecule has 1 aromatic carbocycles. The van der Waals surface area contributed by atoms with Gasteiger partial charge in [0.05, 0.1) is 6.61 Å². The summed E-state index contributed by atoms with van der Waals surface area (Å²) in [4.78, 5) is 13.4. The fraction of sp³-hybridized carbons (Fsp3) is 0.312. The van der Waals surface area contributed by atoms with E-state index in [-0.39, 0.29) is 12.6 Å². The summed E-state index contributed by atoms with van der Waals surface area (Å²) in [5.74, 6) is 1.52. The van der Waals surface area contributed by atoms with Gasteiger partial charge in [0.15, 0.2) is 17.0 Å². The largest absolute Gasteiger partial charge is 0.395 e. The molecule has 2 N–H and O–H groups in total. The fourth-order valence-corrected chi connectivity index (χ4v) is 2.49. The van der Waals surface area contributed by atoms with Crippen molar-refractivity contribution >= 4 is 17.0 Å². The third-order valence-corrected chi connectivity index (χ3v) is 3.43. The second-order valence-electron chi connectivity index (χ2n) is 5.31. The number of nitrogens with one attached hydrogen (secondary N) is 1. The second kappa shape index (κ2) is 6.11. The first kappa shape index (κ1) is 14.5. The zero-order valence-corrected chi connectivity index (χ0v) is 12.7. The summed E-state index contributed by atoms with van der Waals surface area (Å²) >= 11 is 0. The summed E-state index contributed by atoms with van der Waals surface area (Å²) in [5, 5.41) is 12.1. The summed E-state index contributed by atoms with van der Waals surface area (Å²) in [6, 6.07) is 10.3. The highest BCUT2D eigenvalue weighted by Crippen LogP contribution is 2.29. The van der Waals surface area contributed by atoms with E-state index in [0.29, 0.717) is 12.4 Å². The Hall–Kier alpha value is -2.47. The maximum absolute atomic E-state index is 8.99. The van der Waals surface area contributed by atoms with Crippen LogP contribution in [0.1, 0.15) is 19.9 Å². The molecule has 114 valence electrons. The summed E-state index contributed by atoms with van der Waals surface area (Å²) in [6.07, 6.45) is 1.53. The topological polar surface area (TPSA) is 75.9 Å². The predicted molar refractivity (Wildman–Crippen MR) is 86.7 cm³/mol. The quantitative estimate of drug-likeness (QED) is 0.756. The molecular formula is C16H19N5O. The van der Waals surface area contributed by atoms with Gasteiger partial charge in [0, 0.05) is 18.2 Å². The van der Waals surface area contributed by atoms with E-state index < -0.39 is 0 Å². The number of hydrogen-bond donors (Lipinski definition) is 2. The minimum absolute atomic E-state index is 0.0436. The Morgan fingerprint density at radius 2 is 1.95 bits per heavy atom. The van der Waals surface area contributed by atoms with Crippen LogP contribution in [0.4, 0.5) is 5.82 Å². The number of fused-ring (bicyclic) bond motifs is 1. The highest BCUT2D eigenvalue weighted by atomic mass is 16.3. The maximum Gasteiger partial charge on any atom is 0.166 e. The number of nitrogens with zero attached hydrogens (tertiary/aromatic N) is 4. The second-order valence-corrected chi connectivity index (χ2v) is 5.31. The number of anilines is 1. The molecule has 0 fully saturated rings. The normalized spacial score (nSPS) is 11.3. The van der Waals surface area contributed by atoms with Crippen LogP contribution in [0, 0.1) is 0 Å². The molecule has 0 atom stereocenters. The maximum atomic E-state index is 8.99. The van der Waals surface area contributed by atoms with Crippen molar-refractivity contribution in [2.45, 2.75) is 19.9 Å². The highest BCUT2D eigenvalue weighted by molar-refractivity contribution is 5.86. The molecular weight excluding hydrogens is 278 g/mol. The average molecular weight is 297 g/mol. The standard InChI is InChI=1S/C16H19N5O/c1-11(2)21-15(12-6-4-3-5-7-12)20-13-14(17-8-9-22)18-10-19-16(13)21/h3-7,10-11,22H,8-9H2,1-2H3,(H,17,18,19). The van der Waals surface area contributed by atoms with E-state index in [9.17, 15) is 0 Å². The number of benzene rings is 1. The number of aliphatic hydroxyl groups is 1. The molecule has 3 aromatic rings. The van der Waals surface area contributed by atoms with Gasteiger partial charge in [-0.2, -0.15) is 0 Å². The van der Waals surface area contributed by atoms with Crippen molar-refractivity contribution in [2.24, 2.45) is 0 Å². The third-order valence-electron chi connectivity index (χ3n) is 3.43. The van der Waals surface area contributed by atoms with Crippen LogP contribution in [0.5, 0.6) is 0 Å². The van der Waals surface area contributed by atoms with Crippen LogP contribution in [-0.2, 0) is 0 Å². The molecule has 3 rings (SSSR count). The van der Waals surface area contributed by atoms with Crippen molar-refractivity contribution in [1.29, 1.82) is 0 Å². The van der Waals surface area contributed by atoms with Crippen molar-refractivity contribution in [1.82, 2.24) is 19.5 Å². The molecule has 22 heavy (non-hydrogen) atoms. The number of aromatic nitrogens is 4. The van der Waals surface area contributed by atoms with Gasteiger partial charge < -0.3 is 15.0 Å². The molecule has 2 aromatic heterocycles. The van der Waals surface area contributed by atoms with Crippen molar-refractivity contribution in [3.63, 3.8) is 0 Å². The van der Waals surface area contributed by atoms with Gasteiger partial charge in [0.2, 0.25) is 0 Å². The molecule has 0 spiro atoms. The van der Waals surface area contributed by atoms with E-state index in [4.69, 9.17) is 10.1 Å². The number of aliphatic hydroxyl groups excluding tert-OH is 1. The number of hydrogen-bond acceptors (Lipinski definition) is 5. The van der Waals surface area contributed by atoms with Crippen LogP contribution in [0.2, 0.25) is 0 Å². The molecule has 0 saturated heterocycles. The van der Waals surface area contributed by atoms with Crippen LogP contribution in [0.15, 0.2) is 36.7 Å². The van der Waals surface area contributed by atoms with E-state index in [0.717, 1.165) is 22.6 Å². The molecule has 2 heterocycles. The predicted octanol–water partition coefficient (Wildman–Crippen LogP) is 2.48. The van der Waals surface area contributed by atoms with E-state index in [1.807, 2.05) is 30.3 Å². The molecule has 0 saturated carbocycles.